The van der Waals surface area contributed by atoms with Crippen LogP contribution in [0.5, 0.6) is 11.5 Å². The van der Waals surface area contributed by atoms with Gasteiger partial charge in [-0.1, -0.05) is 50.2 Å². The third-order valence-corrected chi connectivity index (χ3v) is 7.15. The molecule has 0 bridgehead atoms. The second-order valence-electron chi connectivity index (χ2n) is 7.82. The zero-order valence-electron chi connectivity index (χ0n) is 18.8. The highest BCUT2D eigenvalue weighted by atomic mass is 32.2. The minimum atomic E-state index is -4.10. The second kappa shape index (κ2) is 10.7. The van der Waals surface area contributed by atoms with Gasteiger partial charge in [0.25, 0.3) is 5.91 Å². The van der Waals surface area contributed by atoms with Gasteiger partial charge in [-0.15, -0.1) is 0 Å². The van der Waals surface area contributed by atoms with Gasteiger partial charge < -0.3 is 9.47 Å². The van der Waals surface area contributed by atoms with Gasteiger partial charge in [0, 0.05) is 12.6 Å². The van der Waals surface area contributed by atoms with Crippen molar-refractivity contribution in [2.24, 2.45) is 5.92 Å². The number of rotatable bonds is 10. The molecule has 0 aliphatic heterocycles. The molecule has 0 saturated heterocycles. The predicted molar refractivity (Wildman–Crippen MR) is 125 cm³/mol. The molecule has 8 nitrogen and oxygen atoms in total. The molecule has 33 heavy (non-hydrogen) atoms. The molecule has 176 valence electrons. The SMILES string of the molecule is COc1cccc(OCCN([C@@H](C(=O)NO)C(C)C)S(=O)(=O)c2ccc3ccccc3c2)c1. The lowest BCUT2D eigenvalue weighted by atomic mass is 10.0. The Bertz CT molecular complexity index is 1210. The Morgan fingerprint density at radius 3 is 2.36 bits per heavy atom. The Morgan fingerprint density at radius 1 is 1.00 bits per heavy atom. The average Bonchev–Trinajstić information content (AvgIpc) is 2.82. The molecule has 0 aromatic heterocycles. The summed E-state index contributed by atoms with van der Waals surface area (Å²) in [7, 11) is -2.56. The van der Waals surface area contributed by atoms with Crippen LogP contribution in [-0.2, 0) is 14.8 Å². The smallest absolute Gasteiger partial charge is 0.262 e. The highest BCUT2D eigenvalue weighted by Crippen LogP contribution is 2.26. The van der Waals surface area contributed by atoms with Gasteiger partial charge in [-0.05, 0) is 41.0 Å². The normalized spacial score (nSPS) is 12.7. The van der Waals surface area contributed by atoms with Crippen molar-refractivity contribution in [1.29, 1.82) is 0 Å². The van der Waals surface area contributed by atoms with Gasteiger partial charge in [0.15, 0.2) is 0 Å². The maximum atomic E-state index is 13.7. The minimum Gasteiger partial charge on any atom is -0.497 e. The summed E-state index contributed by atoms with van der Waals surface area (Å²) in [5.74, 6) is -0.113. The lowest BCUT2D eigenvalue weighted by Gasteiger charge is -2.31. The lowest BCUT2D eigenvalue weighted by molar-refractivity contribution is -0.134. The standard InChI is InChI=1S/C24H28N2O6S/c1-17(2)23(24(27)25-28)26(13-14-32-21-10-6-9-20(16-21)31-3)33(29,30)22-12-11-18-7-4-5-8-19(18)15-22/h4-12,15-17,23,28H,13-14H2,1-3H3,(H,25,27)/t23-/m1/s1. The number of benzene rings is 3. The molecule has 0 aliphatic rings. The molecule has 9 heteroatoms. The Labute approximate surface area is 193 Å². The highest BCUT2D eigenvalue weighted by Gasteiger charge is 2.38. The predicted octanol–water partition coefficient (Wildman–Crippen LogP) is 3.45. The molecule has 0 saturated carbocycles. The Morgan fingerprint density at radius 2 is 1.70 bits per heavy atom. The Hall–Kier alpha value is -3.14. The summed E-state index contributed by atoms with van der Waals surface area (Å²) in [6.07, 6.45) is 0. The van der Waals surface area contributed by atoms with Gasteiger partial charge in [-0.25, -0.2) is 13.9 Å². The topological polar surface area (TPSA) is 105 Å². The van der Waals surface area contributed by atoms with Crippen LogP contribution in [0.1, 0.15) is 13.8 Å². The number of carbonyl (C=O) groups is 1. The van der Waals surface area contributed by atoms with Crippen LogP contribution in [0.2, 0.25) is 0 Å². The summed E-state index contributed by atoms with van der Waals surface area (Å²) >= 11 is 0. The monoisotopic (exact) mass is 472 g/mol. The average molecular weight is 473 g/mol. The fourth-order valence-corrected chi connectivity index (χ4v) is 5.39. The van der Waals surface area contributed by atoms with Gasteiger partial charge in [-0.2, -0.15) is 4.31 Å². The van der Waals surface area contributed by atoms with Crippen LogP contribution >= 0.6 is 0 Å². The Kier molecular flexibility index (Phi) is 7.91. The zero-order valence-corrected chi connectivity index (χ0v) is 19.6. The molecular weight excluding hydrogens is 444 g/mol. The number of methoxy groups -OCH3 is 1. The summed E-state index contributed by atoms with van der Waals surface area (Å²) in [6.45, 7) is 3.31. The van der Waals surface area contributed by atoms with Gasteiger partial charge >= 0.3 is 0 Å². The van der Waals surface area contributed by atoms with Crippen molar-refractivity contribution in [3.63, 3.8) is 0 Å². The fourth-order valence-electron chi connectivity index (χ4n) is 3.65. The van der Waals surface area contributed by atoms with Gasteiger partial charge in [0.1, 0.15) is 24.1 Å². The van der Waals surface area contributed by atoms with E-state index < -0.39 is 27.9 Å². The molecular formula is C24H28N2O6S. The summed E-state index contributed by atoms with van der Waals surface area (Å²) in [6, 6.07) is 18.0. The lowest BCUT2D eigenvalue weighted by Crippen LogP contribution is -2.52. The number of nitrogens with zero attached hydrogens (tertiary/aromatic N) is 1. The van der Waals surface area contributed by atoms with Crippen molar-refractivity contribution < 1.29 is 27.9 Å². The number of nitrogens with one attached hydrogen (secondary N) is 1. The number of ether oxygens (including phenoxy) is 2. The van der Waals surface area contributed by atoms with E-state index in [1.54, 1.807) is 55.7 Å². The number of amides is 1. The maximum absolute atomic E-state index is 13.7. The zero-order chi connectivity index (χ0) is 24.0. The van der Waals surface area contributed by atoms with E-state index >= 15 is 0 Å². The number of hydroxylamine groups is 1. The van der Waals surface area contributed by atoms with Gasteiger partial charge in [0.05, 0.1) is 12.0 Å². The summed E-state index contributed by atoms with van der Waals surface area (Å²) in [4.78, 5) is 12.5. The first-order valence-electron chi connectivity index (χ1n) is 10.5. The molecule has 0 fully saturated rings. The molecule has 1 amide bonds. The molecule has 0 unspecified atom stereocenters. The fraction of sp³-hybridized carbons (Fsp3) is 0.292. The third kappa shape index (κ3) is 5.62. The number of sulfonamides is 1. The Balaban J connectivity index is 1.94. The molecule has 3 aromatic carbocycles. The molecule has 3 aromatic rings. The van der Waals surface area contributed by atoms with E-state index in [0.29, 0.717) is 11.5 Å². The van der Waals surface area contributed by atoms with Crippen LogP contribution in [0.4, 0.5) is 0 Å². The molecule has 1 atom stereocenters. The van der Waals surface area contributed by atoms with Crippen LogP contribution in [-0.4, -0.2) is 50.1 Å². The molecule has 3 rings (SSSR count). The number of carbonyl (C=O) groups excluding carboxylic acids is 1. The van der Waals surface area contributed by atoms with Crippen molar-refractivity contribution in [2.75, 3.05) is 20.3 Å². The van der Waals surface area contributed by atoms with E-state index in [1.807, 2.05) is 24.3 Å². The highest BCUT2D eigenvalue weighted by molar-refractivity contribution is 7.89. The molecule has 0 heterocycles. The second-order valence-corrected chi connectivity index (χ2v) is 9.71. The first kappa shape index (κ1) is 24.5. The first-order chi connectivity index (χ1) is 15.8. The quantitative estimate of drug-likeness (QED) is 0.346. The van der Waals surface area contributed by atoms with E-state index in [2.05, 4.69) is 0 Å². The third-order valence-electron chi connectivity index (χ3n) is 5.27. The van der Waals surface area contributed by atoms with E-state index in [4.69, 9.17) is 9.47 Å². The van der Waals surface area contributed by atoms with E-state index in [1.165, 1.54) is 13.2 Å². The van der Waals surface area contributed by atoms with Crippen molar-refractivity contribution in [3.8, 4) is 11.5 Å². The molecule has 0 aliphatic carbocycles. The van der Waals surface area contributed by atoms with Gasteiger partial charge in [0.2, 0.25) is 10.0 Å². The summed E-state index contributed by atoms with van der Waals surface area (Å²) in [5.41, 5.74) is 1.60. The summed E-state index contributed by atoms with van der Waals surface area (Å²) in [5, 5.41) is 10.9. The van der Waals surface area contributed by atoms with Crippen molar-refractivity contribution in [3.05, 3.63) is 66.7 Å². The minimum absolute atomic E-state index is 0.0120. The molecule has 2 N–H and O–H groups in total. The van der Waals surface area contributed by atoms with E-state index in [9.17, 15) is 18.4 Å². The summed E-state index contributed by atoms with van der Waals surface area (Å²) < 4.78 is 39.3. The number of hydrogen-bond donors (Lipinski definition) is 2. The van der Waals surface area contributed by atoms with Crippen molar-refractivity contribution >= 4 is 26.7 Å². The van der Waals surface area contributed by atoms with Crippen LogP contribution in [0.3, 0.4) is 0 Å². The van der Waals surface area contributed by atoms with E-state index in [-0.39, 0.29) is 18.0 Å². The molecule has 0 spiro atoms. The van der Waals surface area contributed by atoms with Crippen molar-refractivity contribution in [1.82, 2.24) is 9.79 Å². The van der Waals surface area contributed by atoms with Gasteiger partial charge in [-0.3, -0.25) is 10.0 Å². The number of hydrogen-bond acceptors (Lipinski definition) is 6. The van der Waals surface area contributed by atoms with E-state index in [0.717, 1.165) is 15.1 Å². The van der Waals surface area contributed by atoms with Crippen LogP contribution < -0.4 is 15.0 Å². The van der Waals surface area contributed by atoms with Crippen LogP contribution in [0, 0.1) is 5.92 Å². The van der Waals surface area contributed by atoms with Crippen molar-refractivity contribution in [2.45, 2.75) is 24.8 Å². The molecule has 0 radical (unpaired) electrons. The largest absolute Gasteiger partial charge is 0.497 e. The first-order valence-corrected chi connectivity index (χ1v) is 11.9. The maximum Gasteiger partial charge on any atom is 0.262 e. The number of fused-ring (bicyclic) bond motifs is 1. The van der Waals surface area contributed by atoms with Crippen LogP contribution in [0.15, 0.2) is 71.6 Å². The van der Waals surface area contributed by atoms with Crippen LogP contribution in [0.25, 0.3) is 10.8 Å².